The van der Waals surface area contributed by atoms with Gasteiger partial charge in [0.05, 0.1) is 12.2 Å². The molecular formula is C12H13N3O2. The van der Waals surface area contributed by atoms with Gasteiger partial charge < -0.3 is 0 Å². The van der Waals surface area contributed by atoms with Crippen molar-refractivity contribution >= 4 is 0 Å². The van der Waals surface area contributed by atoms with E-state index in [0.717, 1.165) is 15.8 Å². The summed E-state index contributed by atoms with van der Waals surface area (Å²) in [6, 6.07) is 5.18. The molecule has 2 rings (SSSR count). The van der Waals surface area contributed by atoms with Gasteiger partial charge >= 0.3 is 5.69 Å². The summed E-state index contributed by atoms with van der Waals surface area (Å²) in [7, 11) is 1.46. The first-order valence-corrected chi connectivity index (χ1v) is 5.26. The van der Waals surface area contributed by atoms with Crippen LogP contribution in [0.3, 0.4) is 0 Å². The number of aryl methyl sites for hydroxylation is 1. The van der Waals surface area contributed by atoms with Crippen LogP contribution in [0.2, 0.25) is 0 Å². The first-order chi connectivity index (χ1) is 8.08. The minimum atomic E-state index is -0.333. The number of aromatic nitrogens is 3. The maximum Gasteiger partial charge on any atom is 0.331 e. The fourth-order valence-corrected chi connectivity index (χ4v) is 1.60. The van der Waals surface area contributed by atoms with Crippen molar-refractivity contribution in [2.75, 3.05) is 0 Å². The van der Waals surface area contributed by atoms with Crippen molar-refractivity contribution in [1.29, 1.82) is 0 Å². The topological polar surface area (TPSA) is 56.9 Å². The first kappa shape index (κ1) is 11.3. The summed E-state index contributed by atoms with van der Waals surface area (Å²) in [4.78, 5) is 27.2. The minimum absolute atomic E-state index is 0.302. The third kappa shape index (κ3) is 2.33. The lowest BCUT2D eigenvalue weighted by Gasteiger charge is -2.06. The molecule has 0 radical (unpaired) electrons. The van der Waals surface area contributed by atoms with E-state index in [1.165, 1.54) is 23.9 Å². The van der Waals surface area contributed by atoms with Crippen LogP contribution in [0.25, 0.3) is 0 Å². The van der Waals surface area contributed by atoms with Crippen molar-refractivity contribution in [1.82, 2.24) is 14.1 Å². The average Bonchev–Trinajstić information content (AvgIpc) is 2.30. The smallest absolute Gasteiger partial charge is 0.294 e. The third-order valence-corrected chi connectivity index (χ3v) is 2.56. The lowest BCUT2D eigenvalue weighted by molar-refractivity contribution is 0.637. The highest BCUT2D eigenvalue weighted by atomic mass is 16.2. The van der Waals surface area contributed by atoms with E-state index in [4.69, 9.17) is 0 Å². The number of pyridine rings is 1. The third-order valence-electron chi connectivity index (χ3n) is 2.56. The Hall–Kier alpha value is -2.17. The SMILES string of the molecule is Cc1ccnc(Cn2ccc(=O)n(C)c2=O)c1. The lowest BCUT2D eigenvalue weighted by Crippen LogP contribution is -2.37. The fourth-order valence-electron chi connectivity index (χ4n) is 1.60. The molecule has 2 heterocycles. The maximum absolute atomic E-state index is 11.8. The van der Waals surface area contributed by atoms with Crippen molar-refractivity contribution < 1.29 is 0 Å². The van der Waals surface area contributed by atoms with Gasteiger partial charge in [0.2, 0.25) is 0 Å². The molecule has 0 fully saturated rings. The van der Waals surface area contributed by atoms with Crippen LogP contribution in [-0.2, 0) is 13.6 Å². The monoisotopic (exact) mass is 231 g/mol. The Morgan fingerprint density at radius 3 is 2.76 bits per heavy atom. The molecule has 0 atom stereocenters. The summed E-state index contributed by atoms with van der Waals surface area (Å²) in [6.07, 6.45) is 3.20. The molecule has 0 saturated heterocycles. The number of hydrogen-bond acceptors (Lipinski definition) is 3. The zero-order valence-corrected chi connectivity index (χ0v) is 9.75. The molecule has 0 bridgehead atoms. The van der Waals surface area contributed by atoms with Crippen molar-refractivity contribution in [2.45, 2.75) is 13.5 Å². The Morgan fingerprint density at radius 2 is 2.06 bits per heavy atom. The van der Waals surface area contributed by atoms with Crippen LogP contribution in [0.4, 0.5) is 0 Å². The van der Waals surface area contributed by atoms with Crippen LogP contribution in [0, 0.1) is 6.92 Å². The summed E-state index contributed by atoms with van der Waals surface area (Å²) in [5, 5.41) is 0. The Morgan fingerprint density at radius 1 is 1.29 bits per heavy atom. The van der Waals surface area contributed by atoms with Crippen LogP contribution >= 0.6 is 0 Å². The molecule has 0 saturated carbocycles. The van der Waals surface area contributed by atoms with Gasteiger partial charge in [0.1, 0.15) is 0 Å². The van der Waals surface area contributed by atoms with E-state index >= 15 is 0 Å². The Labute approximate surface area is 98.0 Å². The second kappa shape index (κ2) is 4.37. The summed E-state index contributed by atoms with van der Waals surface area (Å²) in [5.74, 6) is 0. The quantitative estimate of drug-likeness (QED) is 0.747. The Kier molecular flexibility index (Phi) is 2.91. The van der Waals surface area contributed by atoms with Gasteiger partial charge in [-0.1, -0.05) is 0 Å². The molecule has 0 spiro atoms. The van der Waals surface area contributed by atoms with E-state index in [0.29, 0.717) is 6.54 Å². The molecule has 88 valence electrons. The predicted molar refractivity (Wildman–Crippen MR) is 64.0 cm³/mol. The molecule has 17 heavy (non-hydrogen) atoms. The van der Waals surface area contributed by atoms with E-state index < -0.39 is 0 Å². The van der Waals surface area contributed by atoms with Crippen molar-refractivity contribution in [2.24, 2.45) is 7.05 Å². The molecule has 2 aromatic heterocycles. The van der Waals surface area contributed by atoms with Gasteiger partial charge in [0.15, 0.2) is 0 Å². The van der Waals surface area contributed by atoms with E-state index in [-0.39, 0.29) is 11.2 Å². The summed E-state index contributed by atoms with van der Waals surface area (Å²) >= 11 is 0. The van der Waals surface area contributed by atoms with Crippen LogP contribution < -0.4 is 11.2 Å². The zero-order chi connectivity index (χ0) is 12.4. The van der Waals surface area contributed by atoms with Crippen LogP contribution in [0.5, 0.6) is 0 Å². The minimum Gasteiger partial charge on any atom is -0.294 e. The molecule has 0 N–H and O–H groups in total. The average molecular weight is 231 g/mol. The van der Waals surface area contributed by atoms with Gasteiger partial charge in [-0.05, 0) is 24.6 Å². The molecular weight excluding hydrogens is 218 g/mol. The summed E-state index contributed by atoms with van der Waals surface area (Å²) < 4.78 is 2.54. The van der Waals surface area contributed by atoms with Crippen molar-refractivity contribution in [3.05, 3.63) is 62.7 Å². The second-order valence-corrected chi connectivity index (χ2v) is 3.95. The standard InChI is InChI=1S/C12H13N3O2/c1-9-3-5-13-10(7-9)8-15-6-4-11(16)14(2)12(15)17/h3-7H,8H2,1-2H3. The predicted octanol–water partition coefficient (Wildman–Crippen LogP) is 0.299. The molecule has 2 aromatic rings. The second-order valence-electron chi connectivity index (χ2n) is 3.95. The molecule has 0 aliphatic heterocycles. The molecule has 0 aliphatic carbocycles. The van der Waals surface area contributed by atoms with Gasteiger partial charge in [-0.15, -0.1) is 0 Å². The molecule has 0 aliphatic rings. The Balaban J connectivity index is 2.41. The molecule has 0 amide bonds. The summed E-state index contributed by atoms with van der Waals surface area (Å²) in [5.41, 5.74) is 1.25. The van der Waals surface area contributed by atoms with E-state index in [1.807, 2.05) is 19.1 Å². The Bertz CT molecular complexity index is 655. The van der Waals surface area contributed by atoms with E-state index in [2.05, 4.69) is 4.98 Å². The molecule has 5 nitrogen and oxygen atoms in total. The van der Waals surface area contributed by atoms with Gasteiger partial charge in [-0.3, -0.25) is 18.9 Å². The fraction of sp³-hybridized carbons (Fsp3) is 0.250. The van der Waals surface area contributed by atoms with Gasteiger partial charge in [-0.2, -0.15) is 0 Å². The number of hydrogen-bond donors (Lipinski definition) is 0. The van der Waals surface area contributed by atoms with E-state index in [1.54, 1.807) is 6.20 Å². The van der Waals surface area contributed by atoms with Gasteiger partial charge in [-0.25, -0.2) is 4.79 Å². The highest BCUT2D eigenvalue weighted by Crippen LogP contribution is 2.00. The molecule has 0 aromatic carbocycles. The van der Waals surface area contributed by atoms with E-state index in [9.17, 15) is 9.59 Å². The molecule has 5 heteroatoms. The van der Waals surface area contributed by atoms with Crippen LogP contribution in [0.15, 0.2) is 40.2 Å². The largest absolute Gasteiger partial charge is 0.331 e. The maximum atomic E-state index is 11.8. The highest BCUT2D eigenvalue weighted by Gasteiger charge is 2.02. The van der Waals surface area contributed by atoms with Gasteiger partial charge in [0.25, 0.3) is 5.56 Å². The summed E-state index contributed by atoms with van der Waals surface area (Å²) in [6.45, 7) is 2.34. The number of rotatable bonds is 2. The van der Waals surface area contributed by atoms with Crippen LogP contribution in [0.1, 0.15) is 11.3 Å². The highest BCUT2D eigenvalue weighted by molar-refractivity contribution is 5.14. The normalized spacial score (nSPS) is 10.5. The zero-order valence-electron chi connectivity index (χ0n) is 9.75. The van der Waals surface area contributed by atoms with Crippen molar-refractivity contribution in [3.8, 4) is 0 Å². The first-order valence-electron chi connectivity index (χ1n) is 5.26. The number of nitrogens with zero attached hydrogens (tertiary/aromatic N) is 3. The van der Waals surface area contributed by atoms with Gasteiger partial charge in [0, 0.05) is 25.5 Å². The molecule has 0 unspecified atom stereocenters. The lowest BCUT2D eigenvalue weighted by atomic mass is 10.2. The van der Waals surface area contributed by atoms with Crippen molar-refractivity contribution in [3.63, 3.8) is 0 Å². The van der Waals surface area contributed by atoms with Crippen LogP contribution in [-0.4, -0.2) is 14.1 Å².